The molecule has 0 radical (unpaired) electrons. The number of hydrogen-bond donors (Lipinski definition) is 2. The van der Waals surface area contributed by atoms with Gasteiger partial charge in [-0.1, -0.05) is 18.7 Å². The van der Waals surface area contributed by atoms with E-state index < -0.39 is 0 Å². The Morgan fingerprint density at radius 1 is 1.23 bits per heavy atom. The molecule has 0 spiro atoms. The van der Waals surface area contributed by atoms with E-state index in [2.05, 4.69) is 22.5 Å². The first-order chi connectivity index (χ1) is 12.5. The molecule has 4 aliphatic carbocycles. The monoisotopic (exact) mass is 376 g/mol. The van der Waals surface area contributed by atoms with Crippen molar-refractivity contribution in [2.45, 2.75) is 69.1 Å². The highest BCUT2D eigenvalue weighted by Gasteiger charge is 2.51. The number of thioether (sulfide) groups is 1. The van der Waals surface area contributed by atoms with Crippen molar-refractivity contribution in [3.8, 4) is 0 Å². The van der Waals surface area contributed by atoms with Crippen LogP contribution in [0.15, 0.2) is 17.6 Å². The zero-order valence-electron chi connectivity index (χ0n) is 15.4. The molecule has 4 fully saturated rings. The predicted molar refractivity (Wildman–Crippen MR) is 101 cm³/mol. The second kappa shape index (κ2) is 7.25. The molecular formula is C19H28N4O2S. The fourth-order valence-electron chi connectivity index (χ4n) is 5.68. The number of hydrogen-bond acceptors (Lipinski definition) is 4. The van der Waals surface area contributed by atoms with Gasteiger partial charge in [-0.15, -0.1) is 0 Å². The molecule has 7 heteroatoms. The molecule has 4 bridgehead atoms. The fourth-order valence-corrected chi connectivity index (χ4v) is 6.46. The lowest BCUT2D eigenvalue weighted by atomic mass is 9.53. The van der Waals surface area contributed by atoms with Crippen LogP contribution in [0.5, 0.6) is 0 Å². The van der Waals surface area contributed by atoms with Crippen LogP contribution in [-0.2, 0) is 11.3 Å². The van der Waals surface area contributed by atoms with Crippen molar-refractivity contribution in [3.05, 3.63) is 12.4 Å². The molecule has 0 saturated heterocycles. The number of aryl methyl sites for hydroxylation is 1. The fraction of sp³-hybridized carbons (Fsp3) is 0.737. The van der Waals surface area contributed by atoms with Crippen LogP contribution < -0.4 is 10.6 Å². The molecule has 3 amide bonds. The summed E-state index contributed by atoms with van der Waals surface area (Å²) in [7, 11) is 0. The van der Waals surface area contributed by atoms with E-state index in [1.807, 2.05) is 10.8 Å². The van der Waals surface area contributed by atoms with E-state index in [-0.39, 0.29) is 23.2 Å². The molecular weight excluding hydrogens is 348 g/mol. The van der Waals surface area contributed by atoms with Gasteiger partial charge in [0.05, 0.1) is 5.75 Å². The Balaban J connectivity index is 1.27. The Hall–Kier alpha value is -1.50. The third kappa shape index (κ3) is 3.77. The zero-order chi connectivity index (χ0) is 18.1. The van der Waals surface area contributed by atoms with E-state index in [4.69, 9.17) is 0 Å². The first-order valence-electron chi connectivity index (χ1n) is 9.81. The highest BCUT2D eigenvalue weighted by Crippen LogP contribution is 2.55. The average molecular weight is 377 g/mol. The number of aromatic nitrogens is 2. The number of amides is 3. The molecule has 1 aromatic rings. The number of rotatable bonds is 6. The molecule has 0 atom stereocenters. The number of nitrogens with one attached hydrogen (secondary N) is 2. The van der Waals surface area contributed by atoms with E-state index in [0.717, 1.165) is 55.1 Å². The number of carbonyl (C=O) groups is 2. The summed E-state index contributed by atoms with van der Waals surface area (Å²) in [5, 5.41) is 6.52. The van der Waals surface area contributed by atoms with Gasteiger partial charge >= 0.3 is 6.03 Å². The van der Waals surface area contributed by atoms with Crippen LogP contribution in [0.25, 0.3) is 0 Å². The van der Waals surface area contributed by atoms with E-state index in [1.54, 1.807) is 6.20 Å². The van der Waals surface area contributed by atoms with Crippen LogP contribution in [-0.4, -0.2) is 32.8 Å². The number of imidazole rings is 1. The summed E-state index contributed by atoms with van der Waals surface area (Å²) in [5.74, 6) is 2.25. The molecule has 6 nitrogen and oxygen atoms in total. The summed E-state index contributed by atoms with van der Waals surface area (Å²) in [5.41, 5.74) is -0.0658. The second-order valence-corrected chi connectivity index (χ2v) is 9.33. The predicted octanol–water partition coefficient (Wildman–Crippen LogP) is 3.18. The Morgan fingerprint density at radius 3 is 2.50 bits per heavy atom. The average Bonchev–Trinajstić information content (AvgIpc) is 2.98. The van der Waals surface area contributed by atoms with Crippen LogP contribution in [0, 0.1) is 17.8 Å². The quantitative estimate of drug-likeness (QED) is 0.748. The van der Waals surface area contributed by atoms with Gasteiger partial charge in [-0.05, 0) is 62.7 Å². The topological polar surface area (TPSA) is 76.0 Å². The molecule has 2 N–H and O–H groups in total. The highest BCUT2D eigenvalue weighted by molar-refractivity contribution is 7.99. The van der Waals surface area contributed by atoms with Gasteiger partial charge in [0.2, 0.25) is 5.91 Å². The smallest absolute Gasteiger partial charge is 0.321 e. The third-order valence-corrected chi connectivity index (χ3v) is 7.15. The summed E-state index contributed by atoms with van der Waals surface area (Å²) in [6, 6.07) is -0.325. The van der Waals surface area contributed by atoms with Crippen LogP contribution in [0.1, 0.15) is 51.9 Å². The van der Waals surface area contributed by atoms with Gasteiger partial charge in [-0.2, -0.15) is 0 Å². The zero-order valence-corrected chi connectivity index (χ0v) is 16.2. The summed E-state index contributed by atoms with van der Waals surface area (Å²) >= 11 is 1.37. The van der Waals surface area contributed by atoms with E-state index in [1.165, 1.54) is 31.0 Å². The Morgan fingerprint density at radius 2 is 1.88 bits per heavy atom. The Bertz CT molecular complexity index is 652. The van der Waals surface area contributed by atoms with E-state index in [9.17, 15) is 9.59 Å². The van der Waals surface area contributed by atoms with Gasteiger partial charge in [0.15, 0.2) is 5.16 Å². The number of urea groups is 1. The summed E-state index contributed by atoms with van der Waals surface area (Å²) in [6.07, 6.45) is 12.0. The number of nitrogens with zero attached hydrogens (tertiary/aromatic N) is 2. The number of imide groups is 1. The molecule has 0 aromatic carbocycles. The lowest BCUT2D eigenvalue weighted by Gasteiger charge is -2.56. The largest absolute Gasteiger partial charge is 0.332 e. The van der Waals surface area contributed by atoms with Crippen molar-refractivity contribution in [1.82, 2.24) is 20.2 Å². The molecule has 0 unspecified atom stereocenters. The SMILES string of the molecule is CCCn1ccnc1SCC(=O)NC(=O)NC12CC3CC(CC(C3)C1)C2. The molecule has 26 heavy (non-hydrogen) atoms. The minimum Gasteiger partial charge on any atom is -0.332 e. The van der Waals surface area contributed by atoms with Crippen molar-refractivity contribution < 1.29 is 9.59 Å². The normalized spacial score (nSPS) is 31.8. The molecule has 4 aliphatic rings. The maximum absolute atomic E-state index is 12.4. The van der Waals surface area contributed by atoms with Gasteiger partial charge in [-0.3, -0.25) is 10.1 Å². The summed E-state index contributed by atoms with van der Waals surface area (Å²) < 4.78 is 2.04. The van der Waals surface area contributed by atoms with Gasteiger partial charge in [0, 0.05) is 24.5 Å². The first-order valence-corrected chi connectivity index (χ1v) is 10.8. The Kier molecular flexibility index (Phi) is 4.99. The van der Waals surface area contributed by atoms with Gasteiger partial charge in [0.1, 0.15) is 0 Å². The maximum atomic E-state index is 12.4. The highest BCUT2D eigenvalue weighted by atomic mass is 32.2. The van der Waals surface area contributed by atoms with Gasteiger partial charge < -0.3 is 9.88 Å². The molecule has 0 aliphatic heterocycles. The molecule has 5 rings (SSSR count). The lowest BCUT2D eigenvalue weighted by Crippen LogP contribution is -2.61. The standard InChI is InChI=1S/C19H28N4O2S/c1-2-4-23-5-3-20-18(23)26-12-16(24)21-17(25)22-19-9-13-6-14(10-19)8-15(7-13)11-19/h3,5,13-15H,2,4,6-12H2,1H3,(H2,21,22,24,25). The van der Waals surface area contributed by atoms with Crippen LogP contribution in [0.2, 0.25) is 0 Å². The second-order valence-electron chi connectivity index (χ2n) is 8.39. The van der Waals surface area contributed by atoms with Crippen LogP contribution in [0.4, 0.5) is 4.79 Å². The van der Waals surface area contributed by atoms with Crippen LogP contribution >= 0.6 is 11.8 Å². The lowest BCUT2D eigenvalue weighted by molar-refractivity contribution is -0.117. The van der Waals surface area contributed by atoms with E-state index in [0.29, 0.717) is 0 Å². The van der Waals surface area contributed by atoms with Crippen molar-refractivity contribution in [1.29, 1.82) is 0 Å². The molecule has 142 valence electrons. The van der Waals surface area contributed by atoms with Crippen molar-refractivity contribution >= 4 is 23.7 Å². The first kappa shape index (κ1) is 17.9. The van der Waals surface area contributed by atoms with Gasteiger partial charge in [-0.25, -0.2) is 9.78 Å². The minimum atomic E-state index is -0.325. The third-order valence-electron chi connectivity index (χ3n) is 6.14. The Labute approximate surface area is 158 Å². The molecule has 1 aromatic heterocycles. The van der Waals surface area contributed by atoms with Crippen LogP contribution in [0.3, 0.4) is 0 Å². The minimum absolute atomic E-state index is 0.0658. The summed E-state index contributed by atoms with van der Waals surface area (Å²) in [6.45, 7) is 2.99. The number of carbonyl (C=O) groups excluding carboxylic acids is 2. The molecule has 4 saturated carbocycles. The maximum Gasteiger partial charge on any atom is 0.321 e. The van der Waals surface area contributed by atoms with Crippen molar-refractivity contribution in [3.63, 3.8) is 0 Å². The van der Waals surface area contributed by atoms with Crippen molar-refractivity contribution in [2.75, 3.05) is 5.75 Å². The van der Waals surface area contributed by atoms with Crippen molar-refractivity contribution in [2.24, 2.45) is 17.8 Å². The molecule has 1 heterocycles. The van der Waals surface area contributed by atoms with Gasteiger partial charge in [0.25, 0.3) is 0 Å². The van der Waals surface area contributed by atoms with E-state index >= 15 is 0 Å². The summed E-state index contributed by atoms with van der Waals surface area (Å²) in [4.78, 5) is 28.8.